The second-order valence-electron chi connectivity index (χ2n) is 4.76. The fraction of sp³-hybridized carbons (Fsp3) is 0.385. The van der Waals surface area contributed by atoms with Gasteiger partial charge < -0.3 is 4.74 Å². The average Bonchev–Trinajstić information content (AvgIpc) is 2.34. The largest absolute Gasteiger partial charge is 0.459 e. The van der Waals surface area contributed by atoms with Crippen molar-refractivity contribution in [2.45, 2.75) is 26.9 Å². The molecule has 0 fully saturated rings. The van der Waals surface area contributed by atoms with E-state index in [0.717, 1.165) is 0 Å². The van der Waals surface area contributed by atoms with Gasteiger partial charge in [0.15, 0.2) is 0 Å². The van der Waals surface area contributed by atoms with E-state index in [1.807, 2.05) is 0 Å². The summed E-state index contributed by atoms with van der Waals surface area (Å²) in [6, 6.07) is 1.40. The van der Waals surface area contributed by atoms with Crippen molar-refractivity contribution in [1.29, 1.82) is 0 Å². The zero-order valence-electron chi connectivity index (χ0n) is 11.7. The van der Waals surface area contributed by atoms with Crippen LogP contribution in [0.15, 0.2) is 15.7 Å². The predicted octanol–water partition coefficient (Wildman–Crippen LogP) is 0.495. The van der Waals surface area contributed by atoms with Gasteiger partial charge in [-0.3, -0.25) is 14.3 Å². The third-order valence-electron chi connectivity index (χ3n) is 2.84. The van der Waals surface area contributed by atoms with Gasteiger partial charge in [0.05, 0.1) is 22.7 Å². The van der Waals surface area contributed by atoms with Crippen LogP contribution in [0.5, 0.6) is 0 Å². The maximum Gasteiger partial charge on any atom is 0.340 e. The monoisotopic (exact) mass is 277 g/mol. The standard InChI is InChI=1S/C13H15N3O4/c1-6(2)20-12(18)8-5-9-10(14-7(8)3)16(4)13(19)15-11(9)17/h5-6H,1-4H3,(H,15,17,19). The molecule has 0 amide bonds. The second kappa shape index (κ2) is 4.92. The van der Waals surface area contributed by atoms with E-state index in [9.17, 15) is 14.4 Å². The Bertz CT molecular complexity index is 802. The van der Waals surface area contributed by atoms with Crippen molar-refractivity contribution >= 4 is 17.0 Å². The molecule has 0 radical (unpaired) electrons. The fourth-order valence-corrected chi connectivity index (χ4v) is 1.84. The summed E-state index contributed by atoms with van der Waals surface area (Å²) in [6.07, 6.45) is -0.268. The van der Waals surface area contributed by atoms with Crippen LogP contribution in [0.1, 0.15) is 29.9 Å². The van der Waals surface area contributed by atoms with Crippen molar-refractivity contribution in [2.24, 2.45) is 7.05 Å². The van der Waals surface area contributed by atoms with Crippen molar-refractivity contribution in [3.8, 4) is 0 Å². The van der Waals surface area contributed by atoms with E-state index in [1.165, 1.54) is 17.7 Å². The number of carbonyl (C=O) groups is 1. The lowest BCUT2D eigenvalue weighted by Gasteiger charge is -2.11. The molecule has 2 heterocycles. The summed E-state index contributed by atoms with van der Waals surface area (Å²) in [7, 11) is 1.50. The molecule has 1 N–H and O–H groups in total. The molecule has 2 aromatic rings. The van der Waals surface area contributed by atoms with Crippen LogP contribution in [0.2, 0.25) is 0 Å². The van der Waals surface area contributed by atoms with Crippen molar-refractivity contribution in [2.75, 3.05) is 0 Å². The summed E-state index contributed by atoms with van der Waals surface area (Å²) < 4.78 is 6.32. The number of ether oxygens (including phenoxy) is 1. The molecule has 0 aliphatic heterocycles. The molecule has 0 atom stereocenters. The second-order valence-corrected chi connectivity index (χ2v) is 4.76. The van der Waals surface area contributed by atoms with Crippen LogP contribution in [-0.2, 0) is 11.8 Å². The number of nitrogens with one attached hydrogen (secondary N) is 1. The Labute approximate surface area is 114 Å². The van der Waals surface area contributed by atoms with E-state index in [1.54, 1.807) is 20.8 Å². The van der Waals surface area contributed by atoms with Crippen LogP contribution in [0, 0.1) is 6.92 Å². The highest BCUT2D eigenvalue weighted by Gasteiger charge is 2.17. The van der Waals surface area contributed by atoms with Gasteiger partial charge in [-0.25, -0.2) is 14.6 Å². The van der Waals surface area contributed by atoms with Gasteiger partial charge in [-0.2, -0.15) is 0 Å². The maximum atomic E-state index is 11.9. The minimum atomic E-state index is -0.575. The number of carbonyl (C=O) groups excluding carboxylic acids is 1. The van der Waals surface area contributed by atoms with Gasteiger partial charge in [0.25, 0.3) is 5.56 Å². The quantitative estimate of drug-likeness (QED) is 0.806. The van der Waals surface area contributed by atoms with Crippen molar-refractivity contribution in [3.05, 3.63) is 38.2 Å². The number of pyridine rings is 1. The van der Waals surface area contributed by atoms with Gasteiger partial charge in [0, 0.05) is 7.05 Å². The number of rotatable bonds is 2. The Kier molecular flexibility index (Phi) is 3.44. The Balaban J connectivity index is 2.73. The number of esters is 1. The maximum absolute atomic E-state index is 11.9. The molecule has 0 spiro atoms. The molecule has 106 valence electrons. The van der Waals surface area contributed by atoms with Crippen molar-refractivity contribution in [3.63, 3.8) is 0 Å². The number of hydrogen-bond acceptors (Lipinski definition) is 5. The highest BCUT2D eigenvalue weighted by Crippen LogP contribution is 2.13. The Morgan fingerprint density at radius 2 is 2.05 bits per heavy atom. The van der Waals surface area contributed by atoms with Crippen molar-refractivity contribution in [1.82, 2.24) is 14.5 Å². The minimum Gasteiger partial charge on any atom is -0.459 e. The number of aromatic nitrogens is 3. The van der Waals surface area contributed by atoms with E-state index < -0.39 is 17.2 Å². The topological polar surface area (TPSA) is 94.1 Å². The van der Waals surface area contributed by atoms with E-state index in [0.29, 0.717) is 5.69 Å². The van der Waals surface area contributed by atoms with Crippen LogP contribution >= 0.6 is 0 Å². The first-order valence-electron chi connectivity index (χ1n) is 6.13. The predicted molar refractivity (Wildman–Crippen MR) is 72.9 cm³/mol. The van der Waals surface area contributed by atoms with Crippen LogP contribution in [-0.4, -0.2) is 26.6 Å². The highest BCUT2D eigenvalue weighted by molar-refractivity contribution is 5.94. The van der Waals surface area contributed by atoms with Gasteiger partial charge in [-0.15, -0.1) is 0 Å². The first-order valence-corrected chi connectivity index (χ1v) is 6.13. The molecule has 7 heteroatoms. The average molecular weight is 277 g/mol. The normalized spacial score (nSPS) is 11.1. The molecule has 0 aliphatic carbocycles. The van der Waals surface area contributed by atoms with Crippen LogP contribution < -0.4 is 11.2 Å². The zero-order chi connectivity index (χ0) is 15.0. The van der Waals surface area contributed by atoms with Crippen LogP contribution in [0.4, 0.5) is 0 Å². The Morgan fingerprint density at radius 1 is 1.40 bits per heavy atom. The Morgan fingerprint density at radius 3 is 2.65 bits per heavy atom. The first kappa shape index (κ1) is 14.0. The summed E-state index contributed by atoms with van der Waals surface area (Å²) >= 11 is 0. The summed E-state index contributed by atoms with van der Waals surface area (Å²) in [6.45, 7) is 5.10. The minimum absolute atomic E-state index is 0.174. The van der Waals surface area contributed by atoms with E-state index in [-0.39, 0.29) is 22.7 Å². The van der Waals surface area contributed by atoms with Gasteiger partial charge in [-0.1, -0.05) is 0 Å². The third-order valence-corrected chi connectivity index (χ3v) is 2.84. The molecule has 2 aromatic heterocycles. The highest BCUT2D eigenvalue weighted by atomic mass is 16.5. The molecule has 0 saturated carbocycles. The summed E-state index contributed by atoms with van der Waals surface area (Å²) in [5.41, 5.74) is -0.266. The molecule has 0 bridgehead atoms. The van der Waals surface area contributed by atoms with Gasteiger partial charge >= 0.3 is 11.7 Å². The zero-order valence-corrected chi connectivity index (χ0v) is 11.7. The number of fused-ring (bicyclic) bond motifs is 1. The molecule has 2 rings (SSSR count). The van der Waals surface area contributed by atoms with Gasteiger partial charge in [0.2, 0.25) is 0 Å². The summed E-state index contributed by atoms with van der Waals surface area (Å²) in [5, 5.41) is 0.174. The number of aromatic amines is 1. The lowest BCUT2D eigenvalue weighted by molar-refractivity contribution is 0.0376. The molecule has 0 unspecified atom stereocenters. The van der Waals surface area contributed by atoms with Crippen LogP contribution in [0.25, 0.3) is 11.0 Å². The molecular weight excluding hydrogens is 262 g/mol. The lowest BCUT2D eigenvalue weighted by Crippen LogP contribution is -2.29. The number of hydrogen-bond donors (Lipinski definition) is 1. The smallest absolute Gasteiger partial charge is 0.340 e. The molecule has 20 heavy (non-hydrogen) atoms. The van der Waals surface area contributed by atoms with Gasteiger partial charge in [-0.05, 0) is 26.8 Å². The lowest BCUT2D eigenvalue weighted by atomic mass is 10.1. The van der Waals surface area contributed by atoms with E-state index in [2.05, 4.69) is 9.97 Å². The van der Waals surface area contributed by atoms with E-state index >= 15 is 0 Å². The molecule has 7 nitrogen and oxygen atoms in total. The first-order chi connectivity index (χ1) is 9.31. The molecule has 0 saturated heterocycles. The Hall–Kier alpha value is -2.44. The number of nitrogens with zero attached hydrogens (tertiary/aromatic N) is 2. The van der Waals surface area contributed by atoms with Crippen LogP contribution in [0.3, 0.4) is 0 Å². The summed E-state index contributed by atoms with van der Waals surface area (Å²) in [4.78, 5) is 41.6. The van der Waals surface area contributed by atoms with Gasteiger partial charge in [0.1, 0.15) is 5.65 Å². The third kappa shape index (κ3) is 2.34. The van der Waals surface area contributed by atoms with Crippen molar-refractivity contribution < 1.29 is 9.53 Å². The fourth-order valence-electron chi connectivity index (χ4n) is 1.84. The molecule has 0 aliphatic rings. The number of H-pyrrole nitrogens is 1. The molecular formula is C13H15N3O4. The molecule has 0 aromatic carbocycles. The summed E-state index contributed by atoms with van der Waals surface area (Å²) in [5.74, 6) is -0.542. The van der Waals surface area contributed by atoms with E-state index in [4.69, 9.17) is 4.74 Å². The number of aryl methyl sites for hydroxylation is 2. The SMILES string of the molecule is Cc1nc2c(cc1C(=O)OC(C)C)c(=O)[nH]c(=O)n2C.